The van der Waals surface area contributed by atoms with E-state index in [1.807, 2.05) is 0 Å². The van der Waals surface area contributed by atoms with Crippen LogP contribution in [0.15, 0.2) is 48.8 Å². The molecule has 1 amide bonds. The zero-order chi connectivity index (χ0) is 20.5. The first kappa shape index (κ1) is 19.7. The van der Waals surface area contributed by atoms with Crippen molar-refractivity contribution >= 4 is 34.8 Å². The molecule has 0 radical (unpaired) electrons. The fourth-order valence-electron chi connectivity index (χ4n) is 2.34. The zero-order valence-electron chi connectivity index (χ0n) is 14.3. The standard InChI is InChI=1S/C18H13ClF3N3O3/c1-10(28-17(27)14-9-25-7-3-2-4-15(25)23-14)16(26)24-13-8-11(18(20,21)22)5-6-12(13)19/h2-10H,1H3,(H,24,26)/t10-/m1/s1. The van der Waals surface area contributed by atoms with Gasteiger partial charge in [0.25, 0.3) is 5.91 Å². The minimum atomic E-state index is -4.59. The molecule has 146 valence electrons. The number of nitrogens with zero attached hydrogens (tertiary/aromatic N) is 2. The van der Waals surface area contributed by atoms with Crippen molar-refractivity contribution in [2.45, 2.75) is 19.2 Å². The van der Waals surface area contributed by atoms with Crippen LogP contribution >= 0.6 is 11.6 Å². The van der Waals surface area contributed by atoms with Gasteiger partial charge in [-0.15, -0.1) is 0 Å². The van der Waals surface area contributed by atoms with Crippen molar-refractivity contribution in [2.24, 2.45) is 0 Å². The summed E-state index contributed by atoms with van der Waals surface area (Å²) in [4.78, 5) is 28.5. The number of rotatable bonds is 4. The first-order valence-corrected chi connectivity index (χ1v) is 8.35. The van der Waals surface area contributed by atoms with E-state index in [1.54, 1.807) is 28.8 Å². The van der Waals surface area contributed by atoms with Crippen LogP contribution in [0.4, 0.5) is 18.9 Å². The van der Waals surface area contributed by atoms with Gasteiger partial charge in [-0.05, 0) is 37.3 Å². The van der Waals surface area contributed by atoms with Crippen LogP contribution in [0.1, 0.15) is 23.0 Å². The number of esters is 1. The van der Waals surface area contributed by atoms with Crippen molar-refractivity contribution in [1.29, 1.82) is 0 Å². The summed E-state index contributed by atoms with van der Waals surface area (Å²) in [6, 6.07) is 7.70. The Morgan fingerprint density at radius 3 is 2.68 bits per heavy atom. The van der Waals surface area contributed by atoms with Crippen LogP contribution in [0.5, 0.6) is 0 Å². The first-order valence-electron chi connectivity index (χ1n) is 7.97. The molecule has 1 aromatic carbocycles. The maximum absolute atomic E-state index is 12.8. The maximum atomic E-state index is 12.8. The van der Waals surface area contributed by atoms with Gasteiger partial charge in [0.2, 0.25) is 0 Å². The molecule has 2 aromatic heterocycles. The maximum Gasteiger partial charge on any atom is 0.416 e. The molecule has 0 aliphatic rings. The molecule has 28 heavy (non-hydrogen) atoms. The lowest BCUT2D eigenvalue weighted by Gasteiger charge is -2.15. The van der Waals surface area contributed by atoms with Gasteiger partial charge in [0.1, 0.15) is 5.65 Å². The monoisotopic (exact) mass is 411 g/mol. The second-order valence-corrected chi connectivity index (χ2v) is 6.23. The van der Waals surface area contributed by atoms with Gasteiger partial charge in [-0.25, -0.2) is 9.78 Å². The molecule has 0 unspecified atom stereocenters. The summed E-state index contributed by atoms with van der Waals surface area (Å²) in [6.45, 7) is 1.28. The number of carbonyl (C=O) groups is 2. The Kier molecular flexibility index (Phi) is 5.28. The topological polar surface area (TPSA) is 72.7 Å². The van der Waals surface area contributed by atoms with Gasteiger partial charge in [-0.2, -0.15) is 13.2 Å². The molecule has 3 aromatic rings. The number of benzene rings is 1. The summed E-state index contributed by atoms with van der Waals surface area (Å²) in [5.74, 6) is -1.68. The van der Waals surface area contributed by atoms with E-state index in [-0.39, 0.29) is 16.4 Å². The normalized spacial score (nSPS) is 12.6. The summed E-state index contributed by atoms with van der Waals surface area (Å²) >= 11 is 5.84. The number of hydrogen-bond acceptors (Lipinski definition) is 4. The average molecular weight is 412 g/mol. The predicted molar refractivity (Wildman–Crippen MR) is 95.2 cm³/mol. The minimum Gasteiger partial charge on any atom is -0.448 e. The highest BCUT2D eigenvalue weighted by Crippen LogP contribution is 2.33. The average Bonchev–Trinajstić information content (AvgIpc) is 3.06. The Hall–Kier alpha value is -3.07. The number of anilines is 1. The molecule has 0 aliphatic carbocycles. The quantitative estimate of drug-likeness (QED) is 0.653. The highest BCUT2D eigenvalue weighted by Gasteiger charge is 2.31. The molecule has 0 saturated heterocycles. The number of imidazole rings is 1. The SMILES string of the molecule is C[C@@H](OC(=O)c1cn2ccccc2n1)C(=O)Nc1cc(C(F)(F)F)ccc1Cl. The second kappa shape index (κ2) is 7.51. The van der Waals surface area contributed by atoms with Crippen molar-refractivity contribution in [3.8, 4) is 0 Å². The third kappa shape index (κ3) is 4.25. The summed E-state index contributed by atoms with van der Waals surface area (Å²) in [6.07, 6.45) is -2.76. The molecule has 6 nitrogen and oxygen atoms in total. The molecular weight excluding hydrogens is 399 g/mol. The fourth-order valence-corrected chi connectivity index (χ4v) is 2.50. The number of hydrogen-bond donors (Lipinski definition) is 1. The molecular formula is C18H13ClF3N3O3. The number of amides is 1. The lowest BCUT2D eigenvalue weighted by atomic mass is 10.2. The number of carbonyl (C=O) groups excluding carboxylic acids is 2. The van der Waals surface area contributed by atoms with Crippen LogP contribution in [-0.2, 0) is 15.7 Å². The minimum absolute atomic E-state index is 0.0112. The number of pyridine rings is 1. The van der Waals surface area contributed by atoms with Crippen molar-refractivity contribution in [1.82, 2.24) is 9.38 Å². The lowest BCUT2D eigenvalue weighted by molar-refractivity contribution is -0.137. The van der Waals surface area contributed by atoms with Crippen molar-refractivity contribution in [2.75, 3.05) is 5.32 Å². The van der Waals surface area contributed by atoms with E-state index in [0.29, 0.717) is 11.7 Å². The number of halogens is 4. The Bertz CT molecular complexity index is 1020. The molecule has 1 N–H and O–H groups in total. The lowest BCUT2D eigenvalue weighted by Crippen LogP contribution is -2.30. The van der Waals surface area contributed by atoms with Crippen LogP contribution in [0.25, 0.3) is 5.65 Å². The smallest absolute Gasteiger partial charge is 0.416 e. The molecule has 0 saturated carbocycles. The Labute approximate surface area is 161 Å². The Balaban J connectivity index is 1.70. The molecule has 2 heterocycles. The van der Waals surface area contributed by atoms with Crippen LogP contribution < -0.4 is 5.32 Å². The van der Waals surface area contributed by atoms with Crippen LogP contribution in [0.2, 0.25) is 5.02 Å². The second-order valence-electron chi connectivity index (χ2n) is 5.82. The third-order valence-corrected chi connectivity index (χ3v) is 4.11. The van der Waals surface area contributed by atoms with Gasteiger partial charge in [-0.3, -0.25) is 4.79 Å². The molecule has 0 fully saturated rings. The van der Waals surface area contributed by atoms with Gasteiger partial charge < -0.3 is 14.5 Å². The molecule has 3 rings (SSSR count). The van der Waals surface area contributed by atoms with E-state index in [4.69, 9.17) is 16.3 Å². The fraction of sp³-hybridized carbons (Fsp3) is 0.167. The van der Waals surface area contributed by atoms with Gasteiger partial charge >= 0.3 is 12.1 Å². The van der Waals surface area contributed by atoms with E-state index < -0.39 is 29.7 Å². The zero-order valence-corrected chi connectivity index (χ0v) is 15.1. The van der Waals surface area contributed by atoms with E-state index in [9.17, 15) is 22.8 Å². The Morgan fingerprint density at radius 2 is 2.00 bits per heavy atom. The molecule has 0 spiro atoms. The van der Waals surface area contributed by atoms with Crippen molar-refractivity contribution in [3.63, 3.8) is 0 Å². The highest BCUT2D eigenvalue weighted by atomic mass is 35.5. The first-order chi connectivity index (χ1) is 13.1. The predicted octanol–water partition coefficient (Wildman–Crippen LogP) is 4.19. The largest absolute Gasteiger partial charge is 0.448 e. The highest BCUT2D eigenvalue weighted by molar-refractivity contribution is 6.33. The summed E-state index contributed by atoms with van der Waals surface area (Å²) < 4.78 is 45.1. The van der Waals surface area contributed by atoms with Crippen molar-refractivity contribution < 1.29 is 27.5 Å². The van der Waals surface area contributed by atoms with Crippen LogP contribution in [0.3, 0.4) is 0 Å². The van der Waals surface area contributed by atoms with Crippen LogP contribution in [0, 0.1) is 0 Å². The number of nitrogens with one attached hydrogen (secondary N) is 1. The molecule has 10 heteroatoms. The van der Waals surface area contributed by atoms with Gasteiger partial charge in [0.15, 0.2) is 11.8 Å². The summed E-state index contributed by atoms with van der Waals surface area (Å²) in [5.41, 5.74) is -0.705. The molecule has 1 atom stereocenters. The van der Waals surface area contributed by atoms with E-state index in [2.05, 4.69) is 10.3 Å². The number of fused-ring (bicyclic) bond motifs is 1. The summed E-state index contributed by atoms with van der Waals surface area (Å²) in [5, 5.41) is 2.15. The third-order valence-electron chi connectivity index (χ3n) is 3.78. The van der Waals surface area contributed by atoms with E-state index in [0.717, 1.165) is 12.1 Å². The summed E-state index contributed by atoms with van der Waals surface area (Å²) in [7, 11) is 0. The van der Waals surface area contributed by atoms with Crippen LogP contribution in [-0.4, -0.2) is 27.4 Å². The van der Waals surface area contributed by atoms with E-state index in [1.165, 1.54) is 13.1 Å². The van der Waals surface area contributed by atoms with Gasteiger partial charge in [-0.1, -0.05) is 17.7 Å². The van der Waals surface area contributed by atoms with Gasteiger partial charge in [0.05, 0.1) is 16.3 Å². The number of ether oxygens (including phenoxy) is 1. The number of aromatic nitrogens is 2. The van der Waals surface area contributed by atoms with Gasteiger partial charge in [0, 0.05) is 12.4 Å². The van der Waals surface area contributed by atoms with Crippen molar-refractivity contribution in [3.05, 3.63) is 65.1 Å². The molecule has 0 bridgehead atoms. The number of alkyl halides is 3. The molecule has 0 aliphatic heterocycles. The Morgan fingerprint density at radius 1 is 1.25 bits per heavy atom. The van der Waals surface area contributed by atoms with E-state index >= 15 is 0 Å².